The number of fused-ring (bicyclic) bond motifs is 1. The van der Waals surface area contributed by atoms with Crippen LogP contribution in [0.4, 0.5) is 16.0 Å². The number of aromatic nitrogens is 6. The van der Waals surface area contributed by atoms with Gasteiger partial charge >= 0.3 is 0 Å². The van der Waals surface area contributed by atoms with E-state index < -0.39 is 5.95 Å². The molecule has 0 saturated carbocycles. The summed E-state index contributed by atoms with van der Waals surface area (Å²) in [4.78, 5) is 10.5. The number of nitriles is 1. The van der Waals surface area contributed by atoms with E-state index >= 15 is 0 Å². The van der Waals surface area contributed by atoms with Crippen molar-refractivity contribution in [1.82, 2.24) is 29.8 Å². The van der Waals surface area contributed by atoms with Gasteiger partial charge in [-0.25, -0.2) is 9.97 Å². The van der Waals surface area contributed by atoms with E-state index in [1.54, 1.807) is 12.1 Å². The number of hydrogen-bond donors (Lipinski definition) is 1. The highest BCUT2D eigenvalue weighted by Crippen LogP contribution is 2.34. The van der Waals surface area contributed by atoms with Gasteiger partial charge in [0.05, 0.1) is 5.69 Å². The molecule has 34 heavy (non-hydrogen) atoms. The number of nitrogens with one attached hydrogen (secondary N) is 1. The highest BCUT2D eigenvalue weighted by molar-refractivity contribution is 5.65. The minimum Gasteiger partial charge on any atom is -0.366 e. The van der Waals surface area contributed by atoms with Gasteiger partial charge in [0.2, 0.25) is 5.95 Å². The summed E-state index contributed by atoms with van der Waals surface area (Å²) in [6.45, 7) is 8.04. The second-order valence-corrected chi connectivity index (χ2v) is 9.24. The van der Waals surface area contributed by atoms with Gasteiger partial charge in [-0.3, -0.25) is 0 Å². The van der Waals surface area contributed by atoms with Crippen molar-refractivity contribution in [2.75, 3.05) is 23.3 Å². The van der Waals surface area contributed by atoms with Gasteiger partial charge in [0.25, 0.3) is 0 Å². The van der Waals surface area contributed by atoms with E-state index in [2.05, 4.69) is 44.2 Å². The Balaban J connectivity index is 1.40. The topological polar surface area (TPSA) is 108 Å². The Labute approximate surface area is 196 Å². The molecule has 5 heterocycles. The molecule has 172 valence electrons. The van der Waals surface area contributed by atoms with Crippen LogP contribution < -0.4 is 10.2 Å². The van der Waals surface area contributed by atoms with Gasteiger partial charge in [0.1, 0.15) is 11.9 Å². The van der Waals surface area contributed by atoms with Gasteiger partial charge in [-0.2, -0.15) is 19.3 Å². The molecule has 0 aliphatic carbocycles. The third-order valence-electron chi connectivity index (χ3n) is 6.32. The SMILES string of the molecule is Cc1cnc2cc(-c3ccc(F)nc3)nn2c1NC1CCN(c2ccc(C#N)nn2)CC1(C)C. The van der Waals surface area contributed by atoms with Crippen molar-refractivity contribution in [3.05, 3.63) is 59.9 Å². The van der Waals surface area contributed by atoms with Gasteiger partial charge in [-0.05, 0) is 37.6 Å². The van der Waals surface area contributed by atoms with E-state index in [9.17, 15) is 4.39 Å². The lowest BCUT2D eigenvalue weighted by atomic mass is 9.79. The first-order valence-electron chi connectivity index (χ1n) is 11.1. The van der Waals surface area contributed by atoms with Crippen LogP contribution in [0.15, 0.2) is 42.7 Å². The zero-order chi connectivity index (χ0) is 23.9. The van der Waals surface area contributed by atoms with E-state index in [0.29, 0.717) is 17.0 Å². The molecule has 0 aromatic carbocycles. The maximum absolute atomic E-state index is 13.2. The van der Waals surface area contributed by atoms with Crippen LogP contribution in [0, 0.1) is 29.6 Å². The molecule has 0 amide bonds. The molecule has 0 radical (unpaired) electrons. The molecule has 4 aromatic heterocycles. The smallest absolute Gasteiger partial charge is 0.212 e. The third kappa shape index (κ3) is 4.01. The molecule has 1 atom stereocenters. The van der Waals surface area contributed by atoms with Crippen molar-refractivity contribution in [2.24, 2.45) is 5.41 Å². The first-order chi connectivity index (χ1) is 16.3. The summed E-state index contributed by atoms with van der Waals surface area (Å²) in [5, 5.41) is 25.6. The quantitative estimate of drug-likeness (QED) is 0.463. The highest BCUT2D eigenvalue weighted by Gasteiger charge is 2.37. The van der Waals surface area contributed by atoms with Crippen molar-refractivity contribution < 1.29 is 4.39 Å². The minimum absolute atomic E-state index is 0.0906. The molecule has 4 aromatic rings. The molecular weight excluding hydrogens is 433 g/mol. The first-order valence-corrected chi connectivity index (χ1v) is 11.1. The lowest BCUT2D eigenvalue weighted by Crippen LogP contribution is -2.52. The van der Waals surface area contributed by atoms with Crippen LogP contribution in [0.3, 0.4) is 0 Å². The molecule has 0 spiro atoms. The molecule has 0 bridgehead atoms. The van der Waals surface area contributed by atoms with E-state index in [-0.39, 0.29) is 11.5 Å². The molecule has 1 saturated heterocycles. The first kappa shape index (κ1) is 21.7. The number of halogens is 1. The molecule has 10 heteroatoms. The van der Waals surface area contributed by atoms with Crippen LogP contribution in [0.1, 0.15) is 31.5 Å². The normalized spacial score (nSPS) is 17.5. The van der Waals surface area contributed by atoms with Gasteiger partial charge in [-0.15, -0.1) is 10.2 Å². The number of hydrogen-bond acceptors (Lipinski definition) is 8. The minimum atomic E-state index is -0.524. The fraction of sp³-hybridized carbons (Fsp3) is 0.333. The second kappa shape index (κ2) is 8.33. The Morgan fingerprint density at radius 3 is 2.68 bits per heavy atom. The van der Waals surface area contributed by atoms with Crippen LogP contribution in [0.2, 0.25) is 0 Å². The largest absolute Gasteiger partial charge is 0.366 e. The maximum atomic E-state index is 13.2. The highest BCUT2D eigenvalue weighted by atomic mass is 19.1. The summed E-state index contributed by atoms with van der Waals surface area (Å²) in [7, 11) is 0. The summed E-state index contributed by atoms with van der Waals surface area (Å²) in [6.07, 6.45) is 4.19. The number of nitrogens with zero attached hydrogens (tertiary/aromatic N) is 8. The summed E-state index contributed by atoms with van der Waals surface area (Å²) in [5.41, 5.74) is 3.32. The van der Waals surface area contributed by atoms with Crippen LogP contribution in [0.5, 0.6) is 0 Å². The summed E-state index contributed by atoms with van der Waals surface area (Å²) >= 11 is 0. The van der Waals surface area contributed by atoms with E-state index in [0.717, 1.165) is 42.3 Å². The molecule has 1 aliphatic rings. The zero-order valence-corrected chi connectivity index (χ0v) is 19.2. The number of pyridine rings is 1. The van der Waals surface area contributed by atoms with Crippen LogP contribution in [-0.4, -0.2) is 48.9 Å². The van der Waals surface area contributed by atoms with Crippen LogP contribution in [-0.2, 0) is 0 Å². The molecule has 1 unspecified atom stereocenters. The van der Waals surface area contributed by atoms with E-state index in [1.165, 1.54) is 12.3 Å². The van der Waals surface area contributed by atoms with Crippen LogP contribution in [0.25, 0.3) is 16.9 Å². The number of aryl methyl sites for hydroxylation is 1. The van der Waals surface area contributed by atoms with Gasteiger partial charge in [0, 0.05) is 54.1 Å². The van der Waals surface area contributed by atoms with Crippen molar-refractivity contribution in [1.29, 1.82) is 5.26 Å². The molecule has 1 fully saturated rings. The lowest BCUT2D eigenvalue weighted by Gasteiger charge is -2.45. The lowest BCUT2D eigenvalue weighted by molar-refractivity contribution is 0.259. The van der Waals surface area contributed by atoms with Crippen LogP contribution >= 0.6 is 0 Å². The average Bonchev–Trinajstić information content (AvgIpc) is 3.26. The molecule has 5 rings (SSSR count). The molecule has 1 N–H and O–H groups in total. The number of piperidine rings is 1. The average molecular weight is 458 g/mol. The van der Waals surface area contributed by atoms with Crippen molar-refractivity contribution in [3.63, 3.8) is 0 Å². The maximum Gasteiger partial charge on any atom is 0.212 e. The Kier molecular flexibility index (Phi) is 5.32. The zero-order valence-electron chi connectivity index (χ0n) is 19.2. The Morgan fingerprint density at radius 1 is 1.15 bits per heavy atom. The standard InChI is InChI=1S/C24H24FN9/c1-15-12-28-22-10-18(16-4-6-20(25)27-13-16)32-34(22)23(15)29-19-8-9-33(14-24(19,2)3)21-7-5-17(11-26)30-31-21/h4-7,10,12-13,19,29H,8-9,14H2,1-3H3. The van der Waals surface area contributed by atoms with Crippen molar-refractivity contribution in [3.8, 4) is 17.3 Å². The summed E-state index contributed by atoms with van der Waals surface area (Å²) in [6, 6.07) is 10.6. The van der Waals surface area contributed by atoms with Gasteiger partial charge in [0.15, 0.2) is 17.2 Å². The molecular formula is C24H24FN9. The van der Waals surface area contributed by atoms with Gasteiger partial charge < -0.3 is 10.2 Å². The fourth-order valence-electron chi connectivity index (χ4n) is 4.40. The third-order valence-corrected chi connectivity index (χ3v) is 6.32. The predicted octanol–water partition coefficient (Wildman–Crippen LogP) is 3.62. The molecule has 9 nitrogen and oxygen atoms in total. The van der Waals surface area contributed by atoms with Crippen molar-refractivity contribution in [2.45, 2.75) is 33.2 Å². The van der Waals surface area contributed by atoms with Crippen molar-refractivity contribution >= 4 is 17.3 Å². The monoisotopic (exact) mass is 457 g/mol. The second-order valence-electron chi connectivity index (χ2n) is 9.24. The Morgan fingerprint density at radius 2 is 2.00 bits per heavy atom. The fourth-order valence-corrected chi connectivity index (χ4v) is 4.40. The number of anilines is 2. The van der Waals surface area contributed by atoms with E-state index in [4.69, 9.17) is 10.4 Å². The predicted molar refractivity (Wildman–Crippen MR) is 126 cm³/mol. The van der Waals surface area contributed by atoms with E-state index in [1.807, 2.05) is 35.8 Å². The van der Waals surface area contributed by atoms with Gasteiger partial charge in [-0.1, -0.05) is 13.8 Å². The Hall–Kier alpha value is -4.13. The summed E-state index contributed by atoms with van der Waals surface area (Å²) < 4.78 is 15.1. The molecule has 1 aliphatic heterocycles. The summed E-state index contributed by atoms with van der Waals surface area (Å²) in [5.74, 6) is 1.14. The number of rotatable bonds is 4. The Bertz CT molecular complexity index is 1370.